The van der Waals surface area contributed by atoms with E-state index in [0.29, 0.717) is 11.3 Å². The van der Waals surface area contributed by atoms with Crippen LogP contribution in [-0.4, -0.2) is 18.6 Å². The Kier molecular flexibility index (Phi) is 3.17. The van der Waals surface area contributed by atoms with Gasteiger partial charge in [0.05, 0.1) is 12.8 Å². The van der Waals surface area contributed by atoms with E-state index >= 15 is 0 Å². The second-order valence-electron chi connectivity index (χ2n) is 4.41. The van der Waals surface area contributed by atoms with Gasteiger partial charge in [0.2, 0.25) is 0 Å². The first-order chi connectivity index (χ1) is 9.79. The van der Waals surface area contributed by atoms with E-state index in [2.05, 4.69) is 4.99 Å². The zero-order chi connectivity index (χ0) is 13.9. The van der Waals surface area contributed by atoms with E-state index in [-0.39, 0.29) is 5.78 Å². The van der Waals surface area contributed by atoms with Gasteiger partial charge >= 0.3 is 0 Å². The van der Waals surface area contributed by atoms with Gasteiger partial charge in [-0.2, -0.15) is 0 Å². The van der Waals surface area contributed by atoms with Crippen LogP contribution in [0.2, 0.25) is 0 Å². The van der Waals surface area contributed by atoms with E-state index in [1.54, 1.807) is 19.3 Å². The van der Waals surface area contributed by atoms with Gasteiger partial charge in [-0.05, 0) is 24.3 Å². The van der Waals surface area contributed by atoms with Gasteiger partial charge in [-0.15, -0.1) is 0 Å². The van der Waals surface area contributed by atoms with Gasteiger partial charge in [-0.25, -0.2) is 4.99 Å². The Labute approximate surface area is 117 Å². The molecule has 0 amide bonds. The van der Waals surface area contributed by atoms with Gasteiger partial charge in [0.25, 0.3) is 0 Å². The number of methoxy groups -OCH3 is 1. The number of benzene rings is 2. The summed E-state index contributed by atoms with van der Waals surface area (Å²) in [6.45, 7) is 0. The predicted molar refractivity (Wildman–Crippen MR) is 79.1 cm³/mol. The molecule has 0 unspecified atom stereocenters. The summed E-state index contributed by atoms with van der Waals surface area (Å²) in [6, 6.07) is 15.0. The van der Waals surface area contributed by atoms with Crippen LogP contribution in [-0.2, 0) is 0 Å². The summed E-state index contributed by atoms with van der Waals surface area (Å²) in [6.07, 6.45) is 3.30. The van der Waals surface area contributed by atoms with Gasteiger partial charge in [0, 0.05) is 11.1 Å². The fraction of sp³-hybridized carbons (Fsp3) is 0.0588. The maximum Gasteiger partial charge on any atom is 0.186 e. The molecule has 0 heterocycles. The van der Waals surface area contributed by atoms with E-state index in [0.717, 1.165) is 17.0 Å². The van der Waals surface area contributed by atoms with Crippen molar-refractivity contribution in [1.82, 2.24) is 0 Å². The quantitative estimate of drug-likeness (QED) is 0.830. The number of carbonyl (C=O) groups excluding carboxylic acids is 1. The molecule has 0 aromatic heterocycles. The van der Waals surface area contributed by atoms with Crippen molar-refractivity contribution in [3.8, 4) is 5.75 Å². The molecular formula is C17H13NO2. The summed E-state index contributed by atoms with van der Waals surface area (Å²) >= 11 is 0. The van der Waals surface area contributed by atoms with Crippen molar-refractivity contribution >= 4 is 17.2 Å². The Morgan fingerprint density at radius 2 is 1.60 bits per heavy atom. The van der Waals surface area contributed by atoms with Gasteiger partial charge in [-0.3, -0.25) is 4.79 Å². The third-order valence-corrected chi connectivity index (χ3v) is 3.19. The smallest absolute Gasteiger partial charge is 0.186 e. The number of hydrogen-bond acceptors (Lipinski definition) is 3. The van der Waals surface area contributed by atoms with Crippen molar-refractivity contribution < 1.29 is 9.53 Å². The number of ketones is 1. The molecule has 20 heavy (non-hydrogen) atoms. The highest BCUT2D eigenvalue weighted by Crippen LogP contribution is 2.28. The fourth-order valence-corrected chi connectivity index (χ4v) is 2.20. The lowest BCUT2D eigenvalue weighted by Crippen LogP contribution is -2.11. The molecule has 0 radical (unpaired) electrons. The van der Waals surface area contributed by atoms with Crippen LogP contribution in [0.4, 0.5) is 5.69 Å². The normalized spacial score (nSPS) is 15.2. The van der Waals surface area contributed by atoms with Crippen molar-refractivity contribution in [3.63, 3.8) is 0 Å². The zero-order valence-electron chi connectivity index (χ0n) is 11.0. The second-order valence-corrected chi connectivity index (χ2v) is 4.41. The number of carbonyl (C=O) groups is 1. The minimum Gasteiger partial charge on any atom is -0.494 e. The molecule has 0 fully saturated rings. The number of allylic oxidation sites excluding steroid dienone is 2. The molecular weight excluding hydrogens is 250 g/mol. The summed E-state index contributed by atoms with van der Waals surface area (Å²) < 4.78 is 5.30. The number of para-hydroxylation sites is 2. The molecule has 3 nitrogen and oxygen atoms in total. The standard InChI is InChI=1S/C17H13NO2/c1-20-17-9-5-4-8-15(17)18-14-10-11-16(19)13-7-3-2-6-12(13)14/h2-11H,1H3. The third-order valence-electron chi connectivity index (χ3n) is 3.19. The molecule has 1 aliphatic rings. The van der Waals surface area contributed by atoms with Crippen LogP contribution in [0.1, 0.15) is 15.9 Å². The largest absolute Gasteiger partial charge is 0.494 e. The highest BCUT2D eigenvalue weighted by molar-refractivity contribution is 6.24. The van der Waals surface area contributed by atoms with Gasteiger partial charge in [0.15, 0.2) is 5.78 Å². The molecule has 0 saturated heterocycles. The summed E-state index contributed by atoms with van der Waals surface area (Å²) in [5, 5.41) is 0. The minimum atomic E-state index is 0.0135. The summed E-state index contributed by atoms with van der Waals surface area (Å²) in [7, 11) is 1.62. The van der Waals surface area contributed by atoms with Crippen LogP contribution in [0.15, 0.2) is 65.7 Å². The Bertz CT molecular complexity index is 729. The van der Waals surface area contributed by atoms with Crippen molar-refractivity contribution in [2.75, 3.05) is 7.11 Å². The molecule has 1 aliphatic carbocycles. The minimum absolute atomic E-state index is 0.0135. The Morgan fingerprint density at radius 3 is 2.40 bits per heavy atom. The second kappa shape index (κ2) is 5.13. The molecule has 2 aromatic carbocycles. The van der Waals surface area contributed by atoms with Crippen molar-refractivity contribution in [2.45, 2.75) is 0 Å². The molecule has 0 saturated carbocycles. The maximum absolute atomic E-state index is 11.8. The van der Waals surface area contributed by atoms with Gasteiger partial charge in [0.1, 0.15) is 11.4 Å². The number of aliphatic imine (C=N–C) groups is 1. The number of ether oxygens (including phenoxy) is 1. The molecule has 0 bridgehead atoms. The van der Waals surface area contributed by atoms with Crippen LogP contribution in [0.25, 0.3) is 0 Å². The van der Waals surface area contributed by atoms with Crippen LogP contribution in [0, 0.1) is 0 Å². The Hall–Kier alpha value is -2.68. The highest BCUT2D eigenvalue weighted by atomic mass is 16.5. The third kappa shape index (κ3) is 2.14. The molecule has 0 N–H and O–H groups in total. The number of hydrogen-bond donors (Lipinski definition) is 0. The Balaban J connectivity index is 2.13. The van der Waals surface area contributed by atoms with Crippen LogP contribution >= 0.6 is 0 Å². The SMILES string of the molecule is COc1ccccc1N=C1C=CC(=O)c2ccccc21. The average Bonchev–Trinajstić information content (AvgIpc) is 2.51. The monoisotopic (exact) mass is 263 g/mol. The zero-order valence-corrected chi connectivity index (χ0v) is 11.0. The van der Waals surface area contributed by atoms with E-state index in [9.17, 15) is 4.79 Å². The van der Waals surface area contributed by atoms with Crippen LogP contribution in [0.5, 0.6) is 5.75 Å². The number of rotatable bonds is 2. The predicted octanol–water partition coefficient (Wildman–Crippen LogP) is 3.57. The van der Waals surface area contributed by atoms with Crippen molar-refractivity contribution in [3.05, 3.63) is 71.8 Å². The summed E-state index contributed by atoms with van der Waals surface area (Å²) in [4.78, 5) is 16.5. The van der Waals surface area contributed by atoms with E-state index < -0.39 is 0 Å². The topological polar surface area (TPSA) is 38.7 Å². The van der Waals surface area contributed by atoms with E-state index in [4.69, 9.17) is 4.74 Å². The Morgan fingerprint density at radius 1 is 0.900 bits per heavy atom. The molecule has 3 heteroatoms. The van der Waals surface area contributed by atoms with E-state index in [1.807, 2.05) is 48.5 Å². The van der Waals surface area contributed by atoms with Gasteiger partial charge in [-0.1, -0.05) is 36.4 Å². The molecule has 0 aliphatic heterocycles. The molecule has 0 spiro atoms. The van der Waals surface area contributed by atoms with Crippen LogP contribution < -0.4 is 4.74 Å². The average molecular weight is 263 g/mol. The fourth-order valence-electron chi connectivity index (χ4n) is 2.20. The lowest BCUT2D eigenvalue weighted by Gasteiger charge is -2.12. The lowest BCUT2D eigenvalue weighted by molar-refractivity contribution is 0.104. The first-order valence-electron chi connectivity index (χ1n) is 6.33. The number of fused-ring (bicyclic) bond motifs is 1. The van der Waals surface area contributed by atoms with Crippen molar-refractivity contribution in [1.29, 1.82) is 0 Å². The molecule has 3 rings (SSSR count). The lowest BCUT2D eigenvalue weighted by atomic mass is 9.94. The van der Waals surface area contributed by atoms with Crippen molar-refractivity contribution in [2.24, 2.45) is 4.99 Å². The number of nitrogens with zero attached hydrogens (tertiary/aromatic N) is 1. The molecule has 98 valence electrons. The molecule has 0 atom stereocenters. The molecule has 2 aromatic rings. The van der Waals surface area contributed by atoms with Gasteiger partial charge < -0.3 is 4.74 Å². The highest BCUT2D eigenvalue weighted by Gasteiger charge is 2.16. The first-order valence-corrected chi connectivity index (χ1v) is 6.33. The van der Waals surface area contributed by atoms with E-state index in [1.165, 1.54) is 0 Å². The maximum atomic E-state index is 11.8. The van der Waals surface area contributed by atoms with Crippen LogP contribution in [0.3, 0.4) is 0 Å². The summed E-state index contributed by atoms with van der Waals surface area (Å²) in [5.74, 6) is 0.724. The first kappa shape index (κ1) is 12.4. The summed E-state index contributed by atoms with van der Waals surface area (Å²) in [5.41, 5.74) is 3.05.